The quantitative estimate of drug-likeness (QED) is 0.736. The van der Waals surface area contributed by atoms with E-state index in [2.05, 4.69) is 15.3 Å². The number of hydrogen-bond donors (Lipinski definition) is 2. The summed E-state index contributed by atoms with van der Waals surface area (Å²) < 4.78 is 27.6. The number of anilines is 2. The number of nitrogens with zero attached hydrogens (tertiary/aromatic N) is 2. The normalized spacial score (nSPS) is 11.2. The van der Waals surface area contributed by atoms with Gasteiger partial charge in [-0.2, -0.15) is 0 Å². The van der Waals surface area contributed by atoms with Gasteiger partial charge in [-0.25, -0.2) is 18.4 Å². The first-order chi connectivity index (χ1) is 8.00. The molecule has 7 nitrogen and oxygen atoms in total. The Hall–Kier alpha value is -1.57. The van der Waals surface area contributed by atoms with E-state index < -0.39 is 9.84 Å². The number of aromatic nitrogens is 2. The maximum atomic E-state index is 11.3. The summed E-state index contributed by atoms with van der Waals surface area (Å²) in [5, 5.41) is 2.86. The van der Waals surface area contributed by atoms with Crippen molar-refractivity contribution < 1.29 is 13.2 Å². The first kappa shape index (κ1) is 13.5. The second-order valence-electron chi connectivity index (χ2n) is 3.30. The van der Waals surface area contributed by atoms with E-state index in [1.807, 2.05) is 0 Å². The van der Waals surface area contributed by atoms with Crippen LogP contribution in [-0.2, 0) is 9.84 Å². The van der Waals surface area contributed by atoms with Crippen molar-refractivity contribution in [2.45, 2.75) is 6.92 Å². The third kappa shape index (κ3) is 3.74. The van der Waals surface area contributed by atoms with Gasteiger partial charge in [0.05, 0.1) is 12.9 Å². The van der Waals surface area contributed by atoms with Crippen molar-refractivity contribution >= 4 is 21.5 Å². The lowest BCUT2D eigenvalue weighted by molar-refractivity contribution is 0.415. The number of sulfone groups is 1. The monoisotopic (exact) mass is 260 g/mol. The topological polar surface area (TPSA) is 107 Å². The number of nitrogens with two attached hydrogens (primary N) is 1. The predicted octanol–water partition coefficient (Wildman–Crippen LogP) is -0.0860. The second-order valence-corrected chi connectivity index (χ2v) is 5.78. The van der Waals surface area contributed by atoms with Crippen LogP contribution in [0.15, 0.2) is 6.33 Å². The number of nitrogens with one attached hydrogen (secondary N) is 1. The Kier molecular flexibility index (Phi) is 4.50. The first-order valence-corrected chi connectivity index (χ1v) is 6.91. The van der Waals surface area contributed by atoms with Gasteiger partial charge in [0, 0.05) is 12.3 Å². The molecule has 0 aliphatic carbocycles. The number of methoxy groups -OCH3 is 1. The molecule has 0 spiro atoms. The highest BCUT2D eigenvalue weighted by Gasteiger charge is 2.11. The van der Waals surface area contributed by atoms with E-state index in [-0.39, 0.29) is 23.9 Å². The van der Waals surface area contributed by atoms with Crippen LogP contribution in [-0.4, -0.2) is 43.5 Å². The minimum absolute atomic E-state index is 0.0383. The molecule has 0 aromatic carbocycles. The smallest absolute Gasteiger partial charge is 0.203 e. The average Bonchev–Trinajstić information content (AvgIpc) is 2.29. The van der Waals surface area contributed by atoms with Crippen molar-refractivity contribution in [2.75, 3.05) is 36.2 Å². The molecule has 0 unspecified atom stereocenters. The molecule has 0 aliphatic rings. The maximum Gasteiger partial charge on any atom is 0.203 e. The molecule has 0 saturated heterocycles. The van der Waals surface area contributed by atoms with Gasteiger partial charge in [0.25, 0.3) is 0 Å². The zero-order chi connectivity index (χ0) is 12.9. The lowest BCUT2D eigenvalue weighted by Gasteiger charge is -2.10. The van der Waals surface area contributed by atoms with Crippen molar-refractivity contribution in [1.29, 1.82) is 0 Å². The summed E-state index contributed by atoms with van der Waals surface area (Å²) in [4.78, 5) is 7.70. The fourth-order valence-corrected chi connectivity index (χ4v) is 1.89. The molecule has 1 heterocycles. The summed E-state index contributed by atoms with van der Waals surface area (Å²) in [6.07, 6.45) is 1.29. The third-order valence-corrected chi connectivity index (χ3v) is 3.89. The van der Waals surface area contributed by atoms with Crippen LogP contribution < -0.4 is 15.8 Å². The highest BCUT2D eigenvalue weighted by molar-refractivity contribution is 7.91. The Morgan fingerprint density at radius 2 is 2.18 bits per heavy atom. The van der Waals surface area contributed by atoms with Crippen molar-refractivity contribution in [3.05, 3.63) is 6.33 Å². The fraction of sp³-hybridized carbons (Fsp3) is 0.556. The first-order valence-electron chi connectivity index (χ1n) is 5.09. The van der Waals surface area contributed by atoms with Crippen LogP contribution in [0.2, 0.25) is 0 Å². The van der Waals surface area contributed by atoms with Crippen LogP contribution in [0.25, 0.3) is 0 Å². The Labute approximate surface area is 100 Å². The molecule has 96 valence electrons. The second kappa shape index (κ2) is 5.67. The van der Waals surface area contributed by atoms with Gasteiger partial charge in [-0.3, -0.25) is 0 Å². The van der Waals surface area contributed by atoms with Gasteiger partial charge in [0.15, 0.2) is 21.5 Å². The summed E-state index contributed by atoms with van der Waals surface area (Å²) >= 11 is 0. The number of rotatable bonds is 6. The number of nitrogen functional groups attached to an aromatic ring is 1. The Bertz CT molecular complexity index is 475. The predicted molar refractivity (Wildman–Crippen MR) is 65.8 cm³/mol. The molecule has 0 bridgehead atoms. The van der Waals surface area contributed by atoms with Crippen LogP contribution in [0.1, 0.15) is 6.92 Å². The van der Waals surface area contributed by atoms with Gasteiger partial charge in [0.2, 0.25) is 5.75 Å². The zero-order valence-corrected chi connectivity index (χ0v) is 10.6. The molecule has 8 heteroatoms. The minimum atomic E-state index is -3.00. The molecule has 0 atom stereocenters. The SMILES string of the molecule is CCS(=O)(=O)CCNc1ncnc(N)c1OC. The number of ether oxygens (including phenoxy) is 1. The largest absolute Gasteiger partial charge is 0.490 e. The molecule has 1 rings (SSSR count). The standard InChI is InChI=1S/C9H16N4O3S/c1-3-17(14,15)5-4-11-9-7(16-2)8(10)12-6-13-9/h6H,3-5H2,1-2H3,(H3,10,11,12,13). The van der Waals surface area contributed by atoms with Crippen molar-refractivity contribution in [3.8, 4) is 5.75 Å². The van der Waals surface area contributed by atoms with Gasteiger partial charge < -0.3 is 15.8 Å². The van der Waals surface area contributed by atoms with Crippen molar-refractivity contribution in [2.24, 2.45) is 0 Å². The maximum absolute atomic E-state index is 11.3. The van der Waals surface area contributed by atoms with Gasteiger partial charge in [0.1, 0.15) is 6.33 Å². The molecule has 0 amide bonds. The molecular formula is C9H16N4O3S. The Balaban J connectivity index is 2.67. The molecule has 1 aromatic heterocycles. The van der Waals surface area contributed by atoms with Gasteiger partial charge in [-0.15, -0.1) is 0 Å². The van der Waals surface area contributed by atoms with Crippen molar-refractivity contribution in [3.63, 3.8) is 0 Å². The zero-order valence-electron chi connectivity index (χ0n) is 9.80. The van der Waals surface area contributed by atoms with Gasteiger partial charge >= 0.3 is 0 Å². The van der Waals surface area contributed by atoms with E-state index in [1.165, 1.54) is 13.4 Å². The number of hydrogen-bond acceptors (Lipinski definition) is 7. The molecule has 0 aliphatic heterocycles. The molecule has 0 saturated carbocycles. The van der Waals surface area contributed by atoms with E-state index in [0.29, 0.717) is 11.6 Å². The molecule has 0 fully saturated rings. The van der Waals surface area contributed by atoms with E-state index in [1.54, 1.807) is 6.92 Å². The van der Waals surface area contributed by atoms with Gasteiger partial charge in [-0.1, -0.05) is 6.92 Å². The lowest BCUT2D eigenvalue weighted by Crippen LogP contribution is -2.18. The van der Waals surface area contributed by atoms with Gasteiger partial charge in [-0.05, 0) is 0 Å². The van der Waals surface area contributed by atoms with E-state index >= 15 is 0 Å². The summed E-state index contributed by atoms with van der Waals surface area (Å²) in [6, 6.07) is 0. The Morgan fingerprint density at radius 1 is 1.47 bits per heavy atom. The van der Waals surface area contributed by atoms with Crippen LogP contribution >= 0.6 is 0 Å². The lowest BCUT2D eigenvalue weighted by atomic mass is 10.4. The van der Waals surface area contributed by atoms with Crippen LogP contribution in [0, 0.1) is 0 Å². The van der Waals surface area contributed by atoms with Crippen molar-refractivity contribution in [1.82, 2.24) is 9.97 Å². The molecule has 0 radical (unpaired) electrons. The summed E-state index contributed by atoms with van der Waals surface area (Å²) in [5.41, 5.74) is 5.58. The Morgan fingerprint density at radius 3 is 2.76 bits per heavy atom. The van der Waals surface area contributed by atoms with Crippen LogP contribution in [0.5, 0.6) is 5.75 Å². The third-order valence-electron chi connectivity index (χ3n) is 2.18. The molecular weight excluding hydrogens is 244 g/mol. The van der Waals surface area contributed by atoms with E-state index in [0.717, 1.165) is 0 Å². The van der Waals surface area contributed by atoms with Crippen LogP contribution in [0.4, 0.5) is 11.6 Å². The summed E-state index contributed by atoms with van der Waals surface area (Å²) in [6.45, 7) is 1.86. The highest BCUT2D eigenvalue weighted by Crippen LogP contribution is 2.25. The minimum Gasteiger partial charge on any atom is -0.490 e. The molecule has 1 aromatic rings. The van der Waals surface area contributed by atoms with Crippen LogP contribution in [0.3, 0.4) is 0 Å². The van der Waals surface area contributed by atoms with E-state index in [9.17, 15) is 8.42 Å². The highest BCUT2D eigenvalue weighted by atomic mass is 32.2. The summed E-state index contributed by atoms with van der Waals surface area (Å²) in [7, 11) is -1.55. The summed E-state index contributed by atoms with van der Waals surface area (Å²) in [5.74, 6) is 1.09. The fourth-order valence-electron chi connectivity index (χ4n) is 1.18. The van der Waals surface area contributed by atoms with E-state index in [4.69, 9.17) is 10.5 Å². The molecule has 17 heavy (non-hydrogen) atoms. The molecule has 3 N–H and O–H groups in total. The average molecular weight is 260 g/mol.